The molecule has 106 valence electrons. The number of sulfonamides is 1. The molecule has 1 heterocycles. The van der Waals surface area contributed by atoms with Gasteiger partial charge in [0.15, 0.2) is 0 Å². The number of pyridine rings is 1. The van der Waals surface area contributed by atoms with Crippen molar-refractivity contribution >= 4 is 15.7 Å². The normalized spacial score (nSPS) is 27.4. The average Bonchev–Trinajstić information content (AvgIpc) is 2.70. The molecule has 1 aliphatic rings. The van der Waals surface area contributed by atoms with Gasteiger partial charge in [0.1, 0.15) is 4.90 Å². The van der Waals surface area contributed by atoms with E-state index in [0.29, 0.717) is 17.5 Å². The highest BCUT2D eigenvalue weighted by Gasteiger charge is 2.33. The molecule has 1 aromatic rings. The van der Waals surface area contributed by atoms with Gasteiger partial charge in [-0.05, 0) is 30.7 Å². The lowest BCUT2D eigenvalue weighted by Crippen LogP contribution is -2.37. The fourth-order valence-corrected chi connectivity index (χ4v) is 4.11. The molecule has 19 heavy (non-hydrogen) atoms. The highest BCUT2D eigenvalue weighted by molar-refractivity contribution is 7.89. The molecule has 0 radical (unpaired) electrons. The van der Waals surface area contributed by atoms with Crippen LogP contribution in [0.3, 0.4) is 0 Å². The Bertz CT molecular complexity index is 545. The molecule has 0 aromatic carbocycles. The minimum atomic E-state index is -3.52. The van der Waals surface area contributed by atoms with Gasteiger partial charge in [-0.15, -0.1) is 0 Å². The minimum absolute atomic E-state index is 0.0184. The lowest BCUT2D eigenvalue weighted by Gasteiger charge is -2.20. The molecule has 1 aliphatic carbocycles. The van der Waals surface area contributed by atoms with Gasteiger partial charge in [-0.3, -0.25) is 4.98 Å². The van der Waals surface area contributed by atoms with Crippen LogP contribution in [0.15, 0.2) is 23.4 Å². The summed E-state index contributed by atoms with van der Waals surface area (Å²) in [4.78, 5) is 4.12. The predicted octanol–water partition coefficient (Wildman–Crippen LogP) is 1.84. The summed E-state index contributed by atoms with van der Waals surface area (Å²) in [5.74, 6) is 0.926. The molecule has 0 aliphatic heterocycles. The molecule has 1 saturated carbocycles. The van der Waals surface area contributed by atoms with Gasteiger partial charge in [0.05, 0.1) is 5.69 Å². The topological polar surface area (TPSA) is 71.1 Å². The standard InChI is InChI=1S/C13H21N3O2S/c1-9-4-5-11(10(9)2)16-19(17,18)13-8-15-7-6-12(13)14-3/h6-11,16H,4-5H2,1-3H3,(H,14,15). The summed E-state index contributed by atoms with van der Waals surface area (Å²) in [6.07, 6.45) is 4.93. The molecular formula is C13H21N3O2S. The molecule has 2 N–H and O–H groups in total. The van der Waals surface area contributed by atoms with Crippen LogP contribution in [0.2, 0.25) is 0 Å². The van der Waals surface area contributed by atoms with E-state index in [1.54, 1.807) is 19.3 Å². The Morgan fingerprint density at radius 3 is 2.63 bits per heavy atom. The second-order valence-electron chi connectivity index (χ2n) is 5.26. The van der Waals surface area contributed by atoms with Gasteiger partial charge >= 0.3 is 0 Å². The van der Waals surface area contributed by atoms with E-state index in [4.69, 9.17) is 0 Å². The number of aromatic nitrogens is 1. The van der Waals surface area contributed by atoms with Crippen LogP contribution in [0.25, 0.3) is 0 Å². The molecule has 0 saturated heterocycles. The van der Waals surface area contributed by atoms with Gasteiger partial charge < -0.3 is 5.32 Å². The summed E-state index contributed by atoms with van der Waals surface area (Å²) in [6.45, 7) is 4.27. The van der Waals surface area contributed by atoms with Crippen molar-refractivity contribution in [3.63, 3.8) is 0 Å². The van der Waals surface area contributed by atoms with Gasteiger partial charge in [-0.25, -0.2) is 13.1 Å². The van der Waals surface area contributed by atoms with E-state index in [-0.39, 0.29) is 10.9 Å². The number of hydrogen-bond acceptors (Lipinski definition) is 4. The van der Waals surface area contributed by atoms with Crippen LogP contribution < -0.4 is 10.0 Å². The Morgan fingerprint density at radius 2 is 2.05 bits per heavy atom. The van der Waals surface area contributed by atoms with Crippen LogP contribution in [-0.4, -0.2) is 26.5 Å². The maximum absolute atomic E-state index is 12.4. The van der Waals surface area contributed by atoms with Crippen LogP contribution in [0.5, 0.6) is 0 Å². The zero-order valence-corrected chi connectivity index (χ0v) is 12.4. The Kier molecular flexibility index (Phi) is 4.10. The molecule has 0 bridgehead atoms. The summed E-state index contributed by atoms with van der Waals surface area (Å²) in [7, 11) is -1.81. The first-order chi connectivity index (χ1) is 8.95. The third-order valence-electron chi connectivity index (χ3n) is 4.12. The van der Waals surface area contributed by atoms with E-state index in [1.165, 1.54) is 6.20 Å². The highest BCUT2D eigenvalue weighted by Crippen LogP contribution is 2.32. The Morgan fingerprint density at radius 1 is 1.32 bits per heavy atom. The van der Waals surface area contributed by atoms with Crippen LogP contribution >= 0.6 is 0 Å². The lowest BCUT2D eigenvalue weighted by atomic mass is 9.98. The summed E-state index contributed by atoms with van der Waals surface area (Å²) in [5, 5.41) is 2.89. The molecule has 3 atom stereocenters. The molecule has 1 fully saturated rings. The Balaban J connectivity index is 2.23. The molecule has 0 spiro atoms. The van der Waals surface area contributed by atoms with Crippen molar-refractivity contribution in [2.24, 2.45) is 11.8 Å². The van der Waals surface area contributed by atoms with Gasteiger partial charge in [0.2, 0.25) is 10.0 Å². The van der Waals surface area contributed by atoms with Crippen LogP contribution in [0.1, 0.15) is 26.7 Å². The van der Waals surface area contributed by atoms with Crippen molar-refractivity contribution in [3.8, 4) is 0 Å². The van der Waals surface area contributed by atoms with Crippen molar-refractivity contribution in [1.82, 2.24) is 9.71 Å². The fourth-order valence-electron chi connectivity index (χ4n) is 2.59. The summed E-state index contributed by atoms with van der Waals surface area (Å²) >= 11 is 0. The van der Waals surface area contributed by atoms with E-state index in [1.807, 2.05) is 0 Å². The largest absolute Gasteiger partial charge is 0.387 e. The first kappa shape index (κ1) is 14.3. The van der Waals surface area contributed by atoms with Crippen LogP contribution in [0.4, 0.5) is 5.69 Å². The van der Waals surface area contributed by atoms with Crippen molar-refractivity contribution in [2.75, 3.05) is 12.4 Å². The quantitative estimate of drug-likeness (QED) is 0.884. The molecule has 0 amide bonds. The zero-order valence-electron chi connectivity index (χ0n) is 11.6. The van der Waals surface area contributed by atoms with E-state index in [0.717, 1.165) is 12.8 Å². The third kappa shape index (κ3) is 2.90. The number of nitrogens with one attached hydrogen (secondary N) is 2. The predicted molar refractivity (Wildman–Crippen MR) is 75.5 cm³/mol. The maximum atomic E-state index is 12.4. The fraction of sp³-hybridized carbons (Fsp3) is 0.615. The monoisotopic (exact) mass is 283 g/mol. The van der Waals surface area contributed by atoms with Crippen molar-refractivity contribution in [3.05, 3.63) is 18.5 Å². The van der Waals surface area contributed by atoms with E-state index in [9.17, 15) is 8.42 Å². The number of nitrogens with zero attached hydrogens (tertiary/aromatic N) is 1. The van der Waals surface area contributed by atoms with Crippen LogP contribution in [-0.2, 0) is 10.0 Å². The average molecular weight is 283 g/mol. The summed E-state index contributed by atoms with van der Waals surface area (Å²) in [6, 6.07) is 1.68. The van der Waals surface area contributed by atoms with Gasteiger partial charge in [0.25, 0.3) is 0 Å². The van der Waals surface area contributed by atoms with Gasteiger partial charge in [-0.1, -0.05) is 13.8 Å². The van der Waals surface area contributed by atoms with E-state index in [2.05, 4.69) is 28.9 Å². The van der Waals surface area contributed by atoms with E-state index >= 15 is 0 Å². The second kappa shape index (κ2) is 5.46. The molecule has 3 unspecified atom stereocenters. The van der Waals surface area contributed by atoms with Gasteiger partial charge in [0, 0.05) is 25.5 Å². The summed E-state index contributed by atoms with van der Waals surface area (Å²) < 4.78 is 27.7. The van der Waals surface area contributed by atoms with Crippen LogP contribution in [0, 0.1) is 11.8 Å². The molecule has 2 rings (SSSR count). The molecule has 5 nitrogen and oxygen atoms in total. The van der Waals surface area contributed by atoms with Gasteiger partial charge in [-0.2, -0.15) is 0 Å². The maximum Gasteiger partial charge on any atom is 0.244 e. The molecule has 6 heteroatoms. The van der Waals surface area contributed by atoms with Crippen molar-refractivity contribution < 1.29 is 8.42 Å². The molecular weight excluding hydrogens is 262 g/mol. The zero-order chi connectivity index (χ0) is 14.0. The smallest absolute Gasteiger partial charge is 0.244 e. The second-order valence-corrected chi connectivity index (χ2v) is 6.95. The highest BCUT2D eigenvalue weighted by atomic mass is 32.2. The SMILES string of the molecule is CNc1ccncc1S(=O)(=O)NC1CCC(C)C1C. The van der Waals surface area contributed by atoms with E-state index < -0.39 is 10.0 Å². The lowest BCUT2D eigenvalue weighted by molar-refractivity contribution is 0.402. The first-order valence-electron chi connectivity index (χ1n) is 6.60. The summed E-state index contributed by atoms with van der Waals surface area (Å²) in [5.41, 5.74) is 0.571. The number of hydrogen-bond donors (Lipinski definition) is 2. The van der Waals surface area contributed by atoms with Crippen molar-refractivity contribution in [1.29, 1.82) is 0 Å². The third-order valence-corrected chi connectivity index (χ3v) is 5.63. The molecule has 1 aromatic heterocycles. The van der Waals surface area contributed by atoms with Crippen molar-refractivity contribution in [2.45, 2.75) is 37.6 Å². The number of rotatable bonds is 4. The first-order valence-corrected chi connectivity index (χ1v) is 8.08. The number of anilines is 1. The Hall–Kier alpha value is -1.14. The minimum Gasteiger partial charge on any atom is -0.387 e. The Labute approximate surface area is 114 Å².